The van der Waals surface area contributed by atoms with Gasteiger partial charge in [-0.05, 0) is 37.3 Å². The zero-order chi connectivity index (χ0) is 20.4. The Kier molecular flexibility index (Phi) is 5.31. The standard InChI is InChI=1S/C21H20ClN5O2/c1-3-23-19(28)11-17-21-26-24-12-27(21)18-9-8-15(29-2)10-16(18)20(25-17)13-4-6-14(22)7-5-13/h4-10,12,17H,3,11H2,1-2H3,(H,23,28)/t17-/m0/s1. The first-order valence-electron chi connectivity index (χ1n) is 9.30. The molecule has 0 saturated heterocycles. The minimum Gasteiger partial charge on any atom is -0.497 e. The number of ether oxygens (including phenoxy) is 1. The van der Waals surface area contributed by atoms with E-state index in [0.29, 0.717) is 23.1 Å². The summed E-state index contributed by atoms with van der Waals surface area (Å²) in [4.78, 5) is 17.3. The number of aromatic nitrogens is 3. The Morgan fingerprint density at radius 2 is 2.03 bits per heavy atom. The quantitative estimate of drug-likeness (QED) is 0.700. The number of hydrogen-bond donors (Lipinski definition) is 1. The van der Waals surface area contributed by atoms with Crippen LogP contribution < -0.4 is 10.1 Å². The smallest absolute Gasteiger partial charge is 0.222 e. The summed E-state index contributed by atoms with van der Waals surface area (Å²) in [5.41, 5.74) is 3.38. The summed E-state index contributed by atoms with van der Waals surface area (Å²) in [6.45, 7) is 2.45. The molecule has 2 aromatic carbocycles. The molecule has 1 amide bonds. The molecule has 0 bridgehead atoms. The summed E-state index contributed by atoms with van der Waals surface area (Å²) in [5.74, 6) is 1.24. The van der Waals surface area contributed by atoms with Gasteiger partial charge in [0.25, 0.3) is 0 Å². The van der Waals surface area contributed by atoms with Crippen molar-refractivity contribution in [3.05, 3.63) is 70.8 Å². The Morgan fingerprint density at radius 3 is 2.76 bits per heavy atom. The van der Waals surface area contributed by atoms with E-state index in [4.69, 9.17) is 21.3 Å². The van der Waals surface area contributed by atoms with Crippen LogP contribution in [-0.4, -0.2) is 40.0 Å². The molecule has 4 rings (SSSR count). The van der Waals surface area contributed by atoms with Crippen molar-refractivity contribution >= 4 is 23.2 Å². The third-order valence-corrected chi connectivity index (χ3v) is 5.00. The first-order valence-corrected chi connectivity index (χ1v) is 9.67. The van der Waals surface area contributed by atoms with Gasteiger partial charge in [-0.15, -0.1) is 10.2 Å². The van der Waals surface area contributed by atoms with Gasteiger partial charge >= 0.3 is 0 Å². The molecule has 0 aliphatic carbocycles. The summed E-state index contributed by atoms with van der Waals surface area (Å²) in [6.07, 6.45) is 1.82. The first-order chi connectivity index (χ1) is 14.1. The van der Waals surface area contributed by atoms with Gasteiger partial charge in [0.1, 0.15) is 18.1 Å². The average Bonchev–Trinajstić information content (AvgIpc) is 3.17. The van der Waals surface area contributed by atoms with Gasteiger partial charge in [-0.3, -0.25) is 14.4 Å². The molecule has 8 heteroatoms. The SMILES string of the molecule is CCNC(=O)C[C@@H]1N=C(c2ccc(Cl)cc2)c2cc(OC)ccc2-n2cnnc21. The van der Waals surface area contributed by atoms with Crippen molar-refractivity contribution in [3.8, 4) is 11.4 Å². The Labute approximate surface area is 173 Å². The molecule has 0 spiro atoms. The van der Waals surface area contributed by atoms with E-state index < -0.39 is 6.04 Å². The van der Waals surface area contributed by atoms with Crippen molar-refractivity contribution in [3.63, 3.8) is 0 Å². The van der Waals surface area contributed by atoms with Crippen LogP contribution >= 0.6 is 11.6 Å². The highest BCUT2D eigenvalue weighted by atomic mass is 35.5. The number of benzene rings is 2. The van der Waals surface area contributed by atoms with Crippen molar-refractivity contribution in [1.29, 1.82) is 0 Å². The number of halogens is 1. The minimum absolute atomic E-state index is 0.0882. The van der Waals surface area contributed by atoms with Gasteiger partial charge in [0.05, 0.1) is 24.9 Å². The van der Waals surface area contributed by atoms with Crippen LogP contribution in [0.3, 0.4) is 0 Å². The average molecular weight is 410 g/mol. The fourth-order valence-corrected chi connectivity index (χ4v) is 3.53. The van der Waals surface area contributed by atoms with Crippen molar-refractivity contribution in [1.82, 2.24) is 20.1 Å². The minimum atomic E-state index is -0.479. The number of nitrogens with zero attached hydrogens (tertiary/aromatic N) is 4. The largest absolute Gasteiger partial charge is 0.497 e. The molecule has 0 saturated carbocycles. The molecular weight excluding hydrogens is 390 g/mol. The first kappa shape index (κ1) is 19.1. The van der Waals surface area contributed by atoms with Crippen molar-refractivity contribution < 1.29 is 9.53 Å². The molecule has 1 aromatic heterocycles. The van der Waals surface area contributed by atoms with Crippen LogP contribution in [0.1, 0.15) is 36.3 Å². The molecule has 1 N–H and O–H groups in total. The van der Waals surface area contributed by atoms with Gasteiger partial charge in [0.15, 0.2) is 5.82 Å². The van der Waals surface area contributed by atoms with Gasteiger partial charge in [-0.2, -0.15) is 0 Å². The highest BCUT2D eigenvalue weighted by Gasteiger charge is 2.28. The Balaban J connectivity index is 1.92. The zero-order valence-electron chi connectivity index (χ0n) is 16.1. The van der Waals surface area contributed by atoms with Crippen LogP contribution in [0.15, 0.2) is 53.8 Å². The second-order valence-electron chi connectivity index (χ2n) is 6.60. The van der Waals surface area contributed by atoms with E-state index >= 15 is 0 Å². The molecule has 2 heterocycles. The summed E-state index contributed by atoms with van der Waals surface area (Å²) < 4.78 is 7.32. The fourth-order valence-electron chi connectivity index (χ4n) is 3.40. The lowest BCUT2D eigenvalue weighted by Gasteiger charge is -2.13. The Hall–Kier alpha value is -3.19. The van der Waals surface area contributed by atoms with E-state index in [1.54, 1.807) is 13.4 Å². The maximum absolute atomic E-state index is 12.3. The number of nitrogens with one attached hydrogen (secondary N) is 1. The number of carbonyl (C=O) groups is 1. The van der Waals surface area contributed by atoms with Crippen molar-refractivity contribution in [2.45, 2.75) is 19.4 Å². The normalized spacial score (nSPS) is 15.0. The van der Waals surface area contributed by atoms with E-state index in [2.05, 4.69) is 15.5 Å². The van der Waals surface area contributed by atoms with Crippen LogP contribution in [0.5, 0.6) is 5.75 Å². The highest BCUT2D eigenvalue weighted by molar-refractivity contribution is 6.30. The monoisotopic (exact) mass is 409 g/mol. The van der Waals surface area contributed by atoms with E-state index in [-0.39, 0.29) is 12.3 Å². The van der Waals surface area contributed by atoms with Gasteiger partial charge in [0, 0.05) is 22.7 Å². The van der Waals surface area contributed by atoms with E-state index in [0.717, 1.165) is 22.5 Å². The van der Waals surface area contributed by atoms with Crippen LogP contribution in [0, 0.1) is 0 Å². The van der Waals surface area contributed by atoms with Crippen LogP contribution in [0.2, 0.25) is 5.02 Å². The lowest BCUT2D eigenvalue weighted by molar-refractivity contribution is -0.121. The summed E-state index contributed by atoms with van der Waals surface area (Å²) in [7, 11) is 1.62. The molecule has 1 atom stereocenters. The van der Waals surface area contributed by atoms with Crippen molar-refractivity contribution in [2.24, 2.45) is 4.99 Å². The third kappa shape index (κ3) is 3.73. The van der Waals surface area contributed by atoms with E-state index in [1.807, 2.05) is 54.0 Å². The molecule has 29 heavy (non-hydrogen) atoms. The molecule has 0 radical (unpaired) electrons. The van der Waals surface area contributed by atoms with Gasteiger partial charge in [-0.1, -0.05) is 23.7 Å². The fraction of sp³-hybridized carbons (Fsp3) is 0.238. The molecule has 0 fully saturated rings. The van der Waals surface area contributed by atoms with Gasteiger partial charge in [-0.25, -0.2) is 0 Å². The van der Waals surface area contributed by atoms with E-state index in [9.17, 15) is 4.79 Å². The van der Waals surface area contributed by atoms with Gasteiger partial charge in [0.2, 0.25) is 5.91 Å². The highest BCUT2D eigenvalue weighted by Crippen LogP contribution is 2.33. The predicted octanol–water partition coefficient (Wildman–Crippen LogP) is 3.35. The molecular formula is C21H20ClN5O2. The second-order valence-corrected chi connectivity index (χ2v) is 7.04. The number of fused-ring (bicyclic) bond motifs is 3. The summed E-state index contributed by atoms with van der Waals surface area (Å²) >= 11 is 6.08. The second kappa shape index (κ2) is 8.05. The molecule has 148 valence electrons. The Bertz CT molecular complexity index is 1070. The number of amides is 1. The van der Waals surface area contributed by atoms with E-state index in [1.165, 1.54) is 0 Å². The molecule has 1 aliphatic rings. The molecule has 3 aromatic rings. The number of aliphatic imine (C=N–C) groups is 1. The summed E-state index contributed by atoms with van der Waals surface area (Å²) in [5, 5.41) is 11.8. The lowest BCUT2D eigenvalue weighted by atomic mass is 10.00. The predicted molar refractivity (Wildman–Crippen MR) is 111 cm³/mol. The summed E-state index contributed by atoms with van der Waals surface area (Å²) in [6, 6.07) is 12.8. The molecule has 1 aliphatic heterocycles. The number of rotatable bonds is 5. The number of carbonyl (C=O) groups excluding carboxylic acids is 1. The molecule has 0 unspecified atom stereocenters. The number of methoxy groups -OCH3 is 1. The van der Waals surface area contributed by atoms with Crippen LogP contribution in [0.25, 0.3) is 5.69 Å². The van der Waals surface area contributed by atoms with Crippen LogP contribution in [0.4, 0.5) is 0 Å². The number of hydrogen-bond acceptors (Lipinski definition) is 5. The Morgan fingerprint density at radius 1 is 1.24 bits per heavy atom. The third-order valence-electron chi connectivity index (χ3n) is 4.75. The van der Waals surface area contributed by atoms with Gasteiger partial charge < -0.3 is 10.1 Å². The zero-order valence-corrected chi connectivity index (χ0v) is 16.8. The maximum Gasteiger partial charge on any atom is 0.222 e. The van der Waals surface area contributed by atoms with Crippen molar-refractivity contribution in [2.75, 3.05) is 13.7 Å². The molecule has 7 nitrogen and oxygen atoms in total. The topological polar surface area (TPSA) is 81.4 Å². The van der Waals surface area contributed by atoms with Crippen LogP contribution in [-0.2, 0) is 4.79 Å². The lowest BCUT2D eigenvalue weighted by Crippen LogP contribution is -2.25. The maximum atomic E-state index is 12.3.